The van der Waals surface area contributed by atoms with E-state index in [1.54, 1.807) is 0 Å². The number of hydrogen-bond acceptors (Lipinski definition) is 10. The lowest BCUT2D eigenvalue weighted by Crippen LogP contribution is -2.65. The molecule has 29 heavy (non-hydrogen) atoms. The second kappa shape index (κ2) is 10.9. The highest BCUT2D eigenvalue weighted by molar-refractivity contribution is 5.73. The van der Waals surface area contributed by atoms with Crippen molar-refractivity contribution in [1.82, 2.24) is 5.32 Å². The van der Waals surface area contributed by atoms with Crippen molar-refractivity contribution >= 4 is 5.91 Å². The summed E-state index contributed by atoms with van der Waals surface area (Å²) in [5, 5.41) is 72.1. The lowest BCUT2D eigenvalue weighted by Gasteiger charge is -2.42. The Morgan fingerprint density at radius 2 is 1.62 bits per heavy atom. The molecule has 0 radical (unpaired) electrons. The third-order valence-electron chi connectivity index (χ3n) is 4.64. The molecule has 0 aromatic carbocycles. The number of aliphatic hydroxyl groups is 7. The molecule has 11 nitrogen and oxygen atoms in total. The van der Waals surface area contributed by atoms with E-state index >= 15 is 0 Å². The molecule has 1 saturated heterocycles. The van der Waals surface area contributed by atoms with Crippen LogP contribution in [0.1, 0.15) is 34.1 Å². The van der Waals surface area contributed by atoms with Crippen molar-refractivity contribution in [2.24, 2.45) is 5.41 Å². The predicted molar refractivity (Wildman–Crippen MR) is 99.4 cm³/mol. The Morgan fingerprint density at radius 1 is 1.07 bits per heavy atom. The lowest BCUT2D eigenvalue weighted by molar-refractivity contribution is -0.277. The van der Waals surface area contributed by atoms with E-state index in [1.165, 1.54) is 6.92 Å². The fourth-order valence-electron chi connectivity index (χ4n) is 3.11. The molecule has 0 aromatic heterocycles. The molecule has 11 heteroatoms. The highest BCUT2D eigenvalue weighted by Gasteiger charge is 2.45. The Morgan fingerprint density at radius 3 is 2.10 bits per heavy atom. The molecule has 1 rings (SSSR count). The molecule has 0 aliphatic carbocycles. The minimum atomic E-state index is -1.74. The second-order valence-electron chi connectivity index (χ2n) is 8.65. The zero-order valence-corrected chi connectivity index (χ0v) is 17.2. The van der Waals surface area contributed by atoms with Gasteiger partial charge in [-0.25, -0.2) is 0 Å². The van der Waals surface area contributed by atoms with Crippen LogP contribution in [0.5, 0.6) is 0 Å². The fourth-order valence-corrected chi connectivity index (χ4v) is 3.11. The number of amides is 1. The summed E-state index contributed by atoms with van der Waals surface area (Å²) in [4.78, 5) is 11.4. The van der Waals surface area contributed by atoms with E-state index in [0.717, 1.165) is 0 Å². The van der Waals surface area contributed by atoms with Gasteiger partial charge in [-0.05, 0) is 11.8 Å². The van der Waals surface area contributed by atoms with Gasteiger partial charge in [0.05, 0.1) is 19.3 Å². The lowest BCUT2D eigenvalue weighted by atomic mass is 9.86. The molecule has 0 spiro atoms. The number of carbonyl (C=O) groups is 1. The van der Waals surface area contributed by atoms with Crippen molar-refractivity contribution in [3.63, 3.8) is 0 Å². The summed E-state index contributed by atoms with van der Waals surface area (Å²) in [6.07, 6.45) is -11.7. The molecule has 172 valence electrons. The maximum atomic E-state index is 11.4. The van der Waals surface area contributed by atoms with Crippen molar-refractivity contribution < 1.29 is 50.0 Å². The van der Waals surface area contributed by atoms with Crippen LogP contribution in [0.25, 0.3) is 0 Å². The van der Waals surface area contributed by atoms with Gasteiger partial charge in [-0.2, -0.15) is 0 Å². The molecular weight excluding hydrogens is 390 g/mol. The largest absolute Gasteiger partial charge is 0.394 e. The summed E-state index contributed by atoms with van der Waals surface area (Å²) in [5.74, 6) is -0.540. The summed E-state index contributed by atoms with van der Waals surface area (Å²) in [6, 6.07) is -1.20. The van der Waals surface area contributed by atoms with Crippen molar-refractivity contribution in [3.05, 3.63) is 0 Å². The van der Waals surface area contributed by atoms with Crippen LogP contribution < -0.4 is 5.32 Å². The standard InChI is InChI=1S/C18H35NO10/c1-8(21)19-12-16(27)15(26)11(6-20)29-17(12)28-7-10(23)14(25)13(24)9(22)5-18(2,3)4/h9-17,20,22-27H,5-7H2,1-4H3,(H,19,21)/t9-,10+,11+,12+,13+,14-,15+,16+,17+/m0/s1. The zero-order chi connectivity index (χ0) is 22.5. The van der Waals surface area contributed by atoms with Gasteiger partial charge in [0, 0.05) is 6.92 Å². The number of aliphatic hydroxyl groups excluding tert-OH is 7. The highest BCUT2D eigenvalue weighted by atomic mass is 16.7. The predicted octanol–water partition coefficient (Wildman–Crippen LogP) is -3.17. The molecule has 1 amide bonds. The van der Waals surface area contributed by atoms with Crippen molar-refractivity contribution in [1.29, 1.82) is 0 Å². The normalized spacial score (nSPS) is 32.3. The Balaban J connectivity index is 2.74. The van der Waals surface area contributed by atoms with Gasteiger partial charge in [-0.15, -0.1) is 0 Å². The van der Waals surface area contributed by atoms with Crippen molar-refractivity contribution in [2.75, 3.05) is 13.2 Å². The Kier molecular flexibility index (Phi) is 9.86. The van der Waals surface area contributed by atoms with Gasteiger partial charge in [0.2, 0.25) is 5.91 Å². The quantitative estimate of drug-likeness (QED) is 0.187. The monoisotopic (exact) mass is 425 g/mol. The summed E-state index contributed by atoms with van der Waals surface area (Å²) < 4.78 is 10.7. The van der Waals surface area contributed by atoms with Crippen LogP contribution >= 0.6 is 0 Å². The van der Waals surface area contributed by atoms with E-state index in [2.05, 4.69) is 5.32 Å². The van der Waals surface area contributed by atoms with E-state index in [1.807, 2.05) is 20.8 Å². The zero-order valence-electron chi connectivity index (χ0n) is 17.2. The first-order chi connectivity index (χ1) is 13.3. The molecule has 8 N–H and O–H groups in total. The summed E-state index contributed by atoms with van der Waals surface area (Å²) in [7, 11) is 0. The first-order valence-corrected chi connectivity index (χ1v) is 9.52. The summed E-state index contributed by atoms with van der Waals surface area (Å²) >= 11 is 0. The van der Waals surface area contributed by atoms with Crippen LogP contribution in [0.15, 0.2) is 0 Å². The Hall–Kier alpha value is -0.890. The first kappa shape index (κ1) is 26.1. The molecule has 0 saturated carbocycles. The maximum absolute atomic E-state index is 11.4. The minimum absolute atomic E-state index is 0.178. The van der Waals surface area contributed by atoms with Gasteiger partial charge < -0.3 is 50.5 Å². The third kappa shape index (κ3) is 7.70. The number of nitrogens with one attached hydrogen (secondary N) is 1. The first-order valence-electron chi connectivity index (χ1n) is 9.52. The van der Waals surface area contributed by atoms with Crippen molar-refractivity contribution in [3.8, 4) is 0 Å². The van der Waals surface area contributed by atoms with Crippen LogP contribution in [0.3, 0.4) is 0 Å². The fraction of sp³-hybridized carbons (Fsp3) is 0.944. The van der Waals surface area contributed by atoms with Gasteiger partial charge in [0.25, 0.3) is 0 Å². The van der Waals surface area contributed by atoms with Gasteiger partial charge in [0.15, 0.2) is 6.29 Å². The molecule has 1 aliphatic rings. The van der Waals surface area contributed by atoms with E-state index < -0.39 is 74.2 Å². The molecule has 0 unspecified atom stereocenters. The van der Waals surface area contributed by atoms with Gasteiger partial charge in [0.1, 0.15) is 42.7 Å². The minimum Gasteiger partial charge on any atom is -0.394 e. The highest BCUT2D eigenvalue weighted by Crippen LogP contribution is 2.25. The average molecular weight is 425 g/mol. The SMILES string of the molecule is CC(=O)N[C@H]1[C@H](OC[C@@H](O)[C@H](O)[C@H](O)[C@@H](O)CC(C)(C)C)O[C@H](CO)[C@@H](O)[C@@H]1O. The molecule has 1 heterocycles. The smallest absolute Gasteiger partial charge is 0.217 e. The van der Waals surface area contributed by atoms with E-state index in [4.69, 9.17) is 9.47 Å². The maximum Gasteiger partial charge on any atom is 0.217 e. The molecule has 0 bridgehead atoms. The van der Waals surface area contributed by atoms with Crippen LogP contribution in [0.2, 0.25) is 0 Å². The third-order valence-corrected chi connectivity index (χ3v) is 4.64. The molecule has 9 atom stereocenters. The number of rotatable bonds is 9. The van der Waals surface area contributed by atoms with Gasteiger partial charge in [-0.1, -0.05) is 20.8 Å². The topological polar surface area (TPSA) is 189 Å². The number of ether oxygens (including phenoxy) is 2. The van der Waals surface area contributed by atoms with Crippen LogP contribution in [-0.2, 0) is 14.3 Å². The Bertz CT molecular complexity index is 513. The Labute approximate surface area is 169 Å². The number of carbonyl (C=O) groups excluding carboxylic acids is 1. The van der Waals surface area contributed by atoms with Crippen LogP contribution in [0, 0.1) is 5.41 Å². The van der Waals surface area contributed by atoms with E-state index in [9.17, 15) is 40.5 Å². The molecule has 1 fully saturated rings. The van der Waals surface area contributed by atoms with Gasteiger partial charge in [-0.3, -0.25) is 4.79 Å². The number of hydrogen-bond donors (Lipinski definition) is 8. The molecular formula is C18H35NO10. The summed E-state index contributed by atoms with van der Waals surface area (Å²) in [6.45, 7) is 5.49. The van der Waals surface area contributed by atoms with Gasteiger partial charge >= 0.3 is 0 Å². The molecule has 0 aromatic rings. The molecule has 1 aliphatic heterocycles. The average Bonchev–Trinajstić information content (AvgIpc) is 2.61. The van der Waals surface area contributed by atoms with Crippen LogP contribution in [-0.4, -0.2) is 110 Å². The summed E-state index contributed by atoms with van der Waals surface area (Å²) in [5.41, 5.74) is -0.320. The van der Waals surface area contributed by atoms with E-state index in [-0.39, 0.29) is 11.8 Å². The second-order valence-corrected chi connectivity index (χ2v) is 8.65. The van der Waals surface area contributed by atoms with Crippen molar-refractivity contribution in [2.45, 2.75) is 89.2 Å². The van der Waals surface area contributed by atoms with Crippen LogP contribution in [0.4, 0.5) is 0 Å². The van der Waals surface area contributed by atoms with E-state index in [0.29, 0.717) is 0 Å².